The molecule has 3 nitrogen and oxygen atoms in total. The van der Waals surface area contributed by atoms with Crippen LogP contribution in [0.25, 0.3) is 11.0 Å². The Morgan fingerprint density at radius 2 is 2.29 bits per heavy atom. The fraction of sp³-hybridized carbons (Fsp3) is 0.400. The van der Waals surface area contributed by atoms with Crippen LogP contribution in [0.4, 0.5) is 0 Å². The Bertz CT molecular complexity index is 499. The van der Waals surface area contributed by atoms with Gasteiger partial charge in [-0.1, -0.05) is 11.6 Å². The Kier molecular flexibility index (Phi) is 1.59. The number of imidazole rings is 1. The predicted molar refractivity (Wildman–Crippen MR) is 55.5 cm³/mol. The molecule has 0 N–H and O–H groups in total. The van der Waals surface area contributed by atoms with Gasteiger partial charge in [0.2, 0.25) is 0 Å². The molecule has 0 amide bonds. The van der Waals surface area contributed by atoms with Gasteiger partial charge in [-0.25, -0.2) is 9.97 Å². The molecule has 0 radical (unpaired) electrons. The van der Waals surface area contributed by atoms with Crippen LogP contribution in [0, 0.1) is 0 Å². The molecule has 0 bridgehead atoms. The molecule has 0 atom stereocenters. The molecule has 1 aliphatic rings. The van der Waals surface area contributed by atoms with Crippen molar-refractivity contribution >= 4 is 22.6 Å². The van der Waals surface area contributed by atoms with E-state index in [4.69, 9.17) is 11.6 Å². The van der Waals surface area contributed by atoms with Crippen LogP contribution in [0.3, 0.4) is 0 Å². The summed E-state index contributed by atoms with van der Waals surface area (Å²) in [5.74, 6) is 1.83. The highest BCUT2D eigenvalue weighted by Gasteiger charge is 2.28. The lowest BCUT2D eigenvalue weighted by atomic mass is 10.4. The molecular weight excluding hydrogens is 198 g/mol. The second-order valence-corrected chi connectivity index (χ2v) is 4.19. The van der Waals surface area contributed by atoms with E-state index in [0.717, 1.165) is 11.0 Å². The highest BCUT2D eigenvalue weighted by Crippen LogP contribution is 2.40. The monoisotopic (exact) mass is 207 g/mol. The smallest absolute Gasteiger partial charge is 0.131 e. The minimum atomic E-state index is 0.512. The molecule has 2 aromatic rings. The lowest BCUT2D eigenvalue weighted by Gasteiger charge is -1.98. The van der Waals surface area contributed by atoms with E-state index in [1.54, 1.807) is 6.20 Å². The first-order chi connectivity index (χ1) is 6.75. The maximum atomic E-state index is 5.82. The fourth-order valence-electron chi connectivity index (χ4n) is 1.79. The molecule has 3 rings (SSSR count). The van der Waals surface area contributed by atoms with Crippen LogP contribution in [0.2, 0.25) is 5.15 Å². The number of pyridine rings is 1. The van der Waals surface area contributed by atoms with Gasteiger partial charge >= 0.3 is 0 Å². The van der Waals surface area contributed by atoms with Crippen LogP contribution in [-0.4, -0.2) is 14.5 Å². The van der Waals surface area contributed by atoms with Gasteiger partial charge in [-0.2, -0.15) is 0 Å². The quantitative estimate of drug-likeness (QED) is 0.673. The second-order valence-electron chi connectivity index (χ2n) is 3.80. The molecule has 1 aliphatic carbocycles. The van der Waals surface area contributed by atoms with Crippen molar-refractivity contribution in [2.75, 3.05) is 0 Å². The third-order valence-corrected chi connectivity index (χ3v) is 2.92. The first-order valence-electron chi connectivity index (χ1n) is 4.73. The highest BCUT2D eigenvalue weighted by atomic mass is 35.5. The maximum Gasteiger partial charge on any atom is 0.131 e. The third-order valence-electron chi connectivity index (χ3n) is 2.71. The van der Waals surface area contributed by atoms with Crippen molar-refractivity contribution in [2.45, 2.75) is 18.8 Å². The van der Waals surface area contributed by atoms with Crippen LogP contribution >= 0.6 is 11.6 Å². The largest absolute Gasteiger partial charge is 0.330 e. The van der Waals surface area contributed by atoms with Gasteiger partial charge in [0, 0.05) is 19.0 Å². The number of hydrogen-bond acceptors (Lipinski definition) is 2. The predicted octanol–water partition coefficient (Wildman–Crippen LogP) is 2.50. The maximum absolute atomic E-state index is 5.82. The summed E-state index contributed by atoms with van der Waals surface area (Å²) in [7, 11) is 2.04. The fourth-order valence-corrected chi connectivity index (χ4v) is 1.94. The summed E-state index contributed by atoms with van der Waals surface area (Å²) in [4.78, 5) is 8.64. The van der Waals surface area contributed by atoms with E-state index in [1.165, 1.54) is 18.7 Å². The average molecular weight is 208 g/mol. The Morgan fingerprint density at radius 3 is 3.00 bits per heavy atom. The minimum Gasteiger partial charge on any atom is -0.330 e. The van der Waals surface area contributed by atoms with Crippen LogP contribution in [0.1, 0.15) is 24.6 Å². The van der Waals surface area contributed by atoms with Gasteiger partial charge < -0.3 is 4.57 Å². The molecule has 0 saturated heterocycles. The molecule has 0 spiro atoms. The summed E-state index contributed by atoms with van der Waals surface area (Å²) in [5, 5.41) is 0.512. The molecular formula is C10H10ClN3. The van der Waals surface area contributed by atoms with Crippen molar-refractivity contribution in [1.29, 1.82) is 0 Å². The van der Waals surface area contributed by atoms with E-state index < -0.39 is 0 Å². The van der Waals surface area contributed by atoms with Crippen molar-refractivity contribution in [3.8, 4) is 0 Å². The molecule has 2 aromatic heterocycles. The van der Waals surface area contributed by atoms with Crippen LogP contribution in [0.5, 0.6) is 0 Å². The van der Waals surface area contributed by atoms with Crippen molar-refractivity contribution in [3.05, 3.63) is 23.2 Å². The van der Waals surface area contributed by atoms with Crippen molar-refractivity contribution in [1.82, 2.24) is 14.5 Å². The zero-order valence-corrected chi connectivity index (χ0v) is 8.62. The molecule has 1 fully saturated rings. The van der Waals surface area contributed by atoms with Gasteiger partial charge in [0.1, 0.15) is 11.0 Å². The lowest BCUT2D eigenvalue weighted by molar-refractivity contribution is 0.819. The summed E-state index contributed by atoms with van der Waals surface area (Å²) < 4.78 is 2.12. The normalized spacial score (nSPS) is 16.4. The van der Waals surface area contributed by atoms with Gasteiger partial charge in [-0.15, -0.1) is 0 Å². The summed E-state index contributed by atoms with van der Waals surface area (Å²) >= 11 is 5.82. The van der Waals surface area contributed by atoms with Gasteiger partial charge in [0.05, 0.1) is 17.2 Å². The summed E-state index contributed by atoms with van der Waals surface area (Å²) in [5.41, 5.74) is 2.02. The topological polar surface area (TPSA) is 30.7 Å². The highest BCUT2D eigenvalue weighted by molar-refractivity contribution is 6.29. The lowest BCUT2D eigenvalue weighted by Crippen LogP contribution is -1.94. The number of halogens is 1. The Balaban J connectivity index is 2.28. The number of hydrogen-bond donors (Lipinski definition) is 0. The Labute approximate surface area is 86.7 Å². The van der Waals surface area contributed by atoms with Gasteiger partial charge in [-0.3, -0.25) is 0 Å². The first-order valence-corrected chi connectivity index (χ1v) is 5.11. The van der Waals surface area contributed by atoms with Crippen LogP contribution in [0.15, 0.2) is 12.3 Å². The zero-order chi connectivity index (χ0) is 9.71. The standard InChI is InChI=1S/C10H10ClN3/c1-14-8-5-12-9(11)4-7(8)13-10(14)6-2-3-6/h4-6H,2-3H2,1H3. The van der Waals surface area contributed by atoms with Gasteiger partial charge in [0.25, 0.3) is 0 Å². The SMILES string of the molecule is Cn1c(C2CC2)nc2cc(Cl)ncc21. The summed E-state index contributed by atoms with van der Waals surface area (Å²) in [6.45, 7) is 0. The second kappa shape index (κ2) is 2.70. The first kappa shape index (κ1) is 8.24. The van der Waals surface area contributed by atoms with Gasteiger partial charge in [-0.05, 0) is 12.8 Å². The molecule has 2 heterocycles. The molecule has 72 valence electrons. The molecule has 0 aliphatic heterocycles. The van der Waals surface area contributed by atoms with Crippen molar-refractivity contribution < 1.29 is 0 Å². The number of aryl methyl sites for hydroxylation is 1. The minimum absolute atomic E-state index is 0.512. The van der Waals surface area contributed by atoms with E-state index in [0.29, 0.717) is 11.1 Å². The average Bonchev–Trinajstić information content (AvgIpc) is 2.93. The molecule has 0 unspecified atom stereocenters. The van der Waals surface area contributed by atoms with Crippen molar-refractivity contribution in [3.63, 3.8) is 0 Å². The van der Waals surface area contributed by atoms with Gasteiger partial charge in [0.15, 0.2) is 0 Å². The number of aromatic nitrogens is 3. The third kappa shape index (κ3) is 1.12. The van der Waals surface area contributed by atoms with E-state index in [-0.39, 0.29) is 0 Å². The van der Waals surface area contributed by atoms with E-state index in [1.807, 2.05) is 13.1 Å². The molecule has 4 heteroatoms. The van der Waals surface area contributed by atoms with E-state index >= 15 is 0 Å². The summed E-state index contributed by atoms with van der Waals surface area (Å²) in [6.07, 6.45) is 4.31. The van der Waals surface area contributed by atoms with Crippen LogP contribution in [-0.2, 0) is 7.05 Å². The van der Waals surface area contributed by atoms with E-state index in [9.17, 15) is 0 Å². The van der Waals surface area contributed by atoms with E-state index in [2.05, 4.69) is 14.5 Å². The molecule has 1 saturated carbocycles. The summed E-state index contributed by atoms with van der Waals surface area (Å²) in [6, 6.07) is 1.82. The molecule has 14 heavy (non-hydrogen) atoms. The molecule has 0 aromatic carbocycles. The Hall–Kier alpha value is -1.09. The number of rotatable bonds is 1. The number of nitrogens with zero attached hydrogens (tertiary/aromatic N) is 3. The zero-order valence-electron chi connectivity index (χ0n) is 7.87. The Morgan fingerprint density at radius 1 is 1.50 bits per heavy atom. The van der Waals surface area contributed by atoms with Crippen LogP contribution < -0.4 is 0 Å². The van der Waals surface area contributed by atoms with Crippen molar-refractivity contribution in [2.24, 2.45) is 7.05 Å². The number of fused-ring (bicyclic) bond motifs is 1.